The first-order valence-electron chi connectivity index (χ1n) is 5.22. The molecule has 0 heterocycles. The molecular weight excluding hydrogens is 167 g/mol. The van der Waals surface area contributed by atoms with Crippen LogP contribution in [0.4, 0.5) is 4.39 Å². The summed E-state index contributed by atoms with van der Waals surface area (Å²) in [4.78, 5) is 11.0. The van der Waals surface area contributed by atoms with E-state index >= 15 is 0 Å². The zero-order chi connectivity index (χ0) is 9.90. The third-order valence-corrected chi connectivity index (χ3v) is 3.13. The van der Waals surface area contributed by atoms with Gasteiger partial charge in [0.25, 0.3) is 0 Å². The molecule has 0 aromatic carbocycles. The van der Waals surface area contributed by atoms with Crippen molar-refractivity contribution in [2.24, 2.45) is 5.92 Å². The van der Waals surface area contributed by atoms with Gasteiger partial charge in [-0.05, 0) is 26.2 Å². The first kappa shape index (κ1) is 10.7. The standard InChI is InChI=1S/C11H19FO/c1-9(13)11(2,12)8-10-6-4-3-5-7-10/h10H,3-8H2,1-2H3. The van der Waals surface area contributed by atoms with Crippen molar-refractivity contribution in [1.29, 1.82) is 0 Å². The van der Waals surface area contributed by atoms with Gasteiger partial charge in [0.2, 0.25) is 0 Å². The average Bonchev–Trinajstić information content (AvgIpc) is 2.05. The predicted octanol–water partition coefficient (Wildman–Crippen LogP) is 3.27. The minimum absolute atomic E-state index is 0.321. The molecule has 1 fully saturated rings. The van der Waals surface area contributed by atoms with E-state index in [0.29, 0.717) is 12.3 Å². The largest absolute Gasteiger partial charge is 0.296 e. The number of rotatable bonds is 3. The summed E-state index contributed by atoms with van der Waals surface area (Å²) >= 11 is 0. The molecule has 0 bridgehead atoms. The van der Waals surface area contributed by atoms with Crippen LogP contribution in [-0.2, 0) is 4.79 Å². The minimum atomic E-state index is -1.58. The lowest BCUT2D eigenvalue weighted by molar-refractivity contribution is -0.128. The second-order valence-electron chi connectivity index (χ2n) is 4.46. The summed E-state index contributed by atoms with van der Waals surface area (Å²) in [5.74, 6) is 0.116. The van der Waals surface area contributed by atoms with Gasteiger partial charge in [-0.3, -0.25) is 4.79 Å². The summed E-state index contributed by atoms with van der Waals surface area (Å²) in [5.41, 5.74) is -1.58. The van der Waals surface area contributed by atoms with Crippen LogP contribution in [0.15, 0.2) is 0 Å². The highest BCUT2D eigenvalue weighted by atomic mass is 19.1. The lowest BCUT2D eigenvalue weighted by Gasteiger charge is -2.27. The Balaban J connectivity index is 2.41. The number of carbonyl (C=O) groups is 1. The van der Waals surface area contributed by atoms with E-state index in [9.17, 15) is 9.18 Å². The molecule has 2 heteroatoms. The first-order chi connectivity index (χ1) is 6.02. The van der Waals surface area contributed by atoms with Gasteiger partial charge >= 0.3 is 0 Å². The van der Waals surface area contributed by atoms with Crippen molar-refractivity contribution in [2.45, 2.75) is 58.0 Å². The Morgan fingerprint density at radius 2 is 1.92 bits per heavy atom. The van der Waals surface area contributed by atoms with E-state index in [-0.39, 0.29) is 5.78 Å². The maximum atomic E-state index is 13.6. The van der Waals surface area contributed by atoms with Gasteiger partial charge in [-0.15, -0.1) is 0 Å². The zero-order valence-corrected chi connectivity index (χ0v) is 8.61. The Hall–Kier alpha value is -0.400. The molecule has 1 unspecified atom stereocenters. The van der Waals surface area contributed by atoms with Crippen molar-refractivity contribution in [3.8, 4) is 0 Å². The zero-order valence-electron chi connectivity index (χ0n) is 8.61. The van der Waals surface area contributed by atoms with Crippen LogP contribution in [0.5, 0.6) is 0 Å². The maximum Gasteiger partial charge on any atom is 0.166 e. The average molecular weight is 186 g/mol. The highest BCUT2D eigenvalue weighted by Gasteiger charge is 2.32. The smallest absolute Gasteiger partial charge is 0.166 e. The van der Waals surface area contributed by atoms with E-state index in [2.05, 4.69) is 0 Å². The second kappa shape index (κ2) is 4.21. The van der Waals surface area contributed by atoms with Crippen molar-refractivity contribution >= 4 is 5.78 Å². The van der Waals surface area contributed by atoms with Crippen LogP contribution in [0, 0.1) is 5.92 Å². The van der Waals surface area contributed by atoms with Crippen LogP contribution in [0.1, 0.15) is 52.4 Å². The number of halogens is 1. The minimum Gasteiger partial charge on any atom is -0.296 e. The van der Waals surface area contributed by atoms with E-state index < -0.39 is 5.67 Å². The van der Waals surface area contributed by atoms with E-state index in [4.69, 9.17) is 0 Å². The van der Waals surface area contributed by atoms with Gasteiger partial charge in [0.1, 0.15) is 0 Å². The van der Waals surface area contributed by atoms with Crippen LogP contribution >= 0.6 is 0 Å². The first-order valence-corrected chi connectivity index (χ1v) is 5.22. The maximum absolute atomic E-state index is 13.6. The van der Waals surface area contributed by atoms with E-state index in [1.54, 1.807) is 0 Å². The van der Waals surface area contributed by atoms with Gasteiger partial charge in [-0.25, -0.2) is 4.39 Å². The fourth-order valence-electron chi connectivity index (χ4n) is 2.08. The number of hydrogen-bond donors (Lipinski definition) is 0. The van der Waals surface area contributed by atoms with Gasteiger partial charge in [-0.2, -0.15) is 0 Å². The molecule has 0 saturated heterocycles. The normalized spacial score (nSPS) is 23.9. The van der Waals surface area contributed by atoms with Crippen LogP contribution in [0.3, 0.4) is 0 Å². The monoisotopic (exact) mass is 186 g/mol. The second-order valence-corrected chi connectivity index (χ2v) is 4.46. The summed E-state index contributed by atoms with van der Waals surface area (Å²) in [6.07, 6.45) is 6.33. The van der Waals surface area contributed by atoms with Crippen LogP contribution in [-0.4, -0.2) is 11.5 Å². The lowest BCUT2D eigenvalue weighted by Crippen LogP contribution is -2.31. The highest BCUT2D eigenvalue weighted by molar-refractivity contribution is 5.84. The number of alkyl halides is 1. The number of hydrogen-bond acceptors (Lipinski definition) is 1. The summed E-state index contributed by atoms with van der Waals surface area (Å²) in [6, 6.07) is 0. The predicted molar refractivity (Wildman–Crippen MR) is 51.4 cm³/mol. The Morgan fingerprint density at radius 3 is 2.38 bits per heavy atom. The molecule has 1 aliphatic carbocycles. The summed E-state index contributed by atoms with van der Waals surface area (Å²) < 4.78 is 13.6. The quantitative estimate of drug-likeness (QED) is 0.661. The van der Waals surface area contributed by atoms with Gasteiger partial charge in [0, 0.05) is 0 Å². The molecule has 0 aromatic heterocycles. The molecule has 1 nitrogen and oxygen atoms in total. The van der Waals surface area contributed by atoms with Gasteiger partial charge in [-0.1, -0.05) is 32.1 Å². The number of Topliss-reactive ketones (excluding diaryl/α,β-unsaturated/α-hetero) is 1. The summed E-state index contributed by atoms with van der Waals surface area (Å²) in [6.45, 7) is 2.77. The van der Waals surface area contributed by atoms with Crippen LogP contribution in [0.25, 0.3) is 0 Å². The van der Waals surface area contributed by atoms with Crippen molar-refractivity contribution in [1.82, 2.24) is 0 Å². The molecule has 0 aliphatic heterocycles. The topological polar surface area (TPSA) is 17.1 Å². The third-order valence-electron chi connectivity index (χ3n) is 3.13. The Morgan fingerprint density at radius 1 is 1.38 bits per heavy atom. The third kappa shape index (κ3) is 3.09. The molecule has 1 rings (SSSR count). The van der Waals surface area contributed by atoms with Gasteiger partial charge in [0.15, 0.2) is 11.5 Å². The fraction of sp³-hybridized carbons (Fsp3) is 0.909. The van der Waals surface area contributed by atoms with E-state index in [0.717, 1.165) is 12.8 Å². The molecule has 13 heavy (non-hydrogen) atoms. The summed E-state index contributed by atoms with van der Waals surface area (Å²) in [7, 11) is 0. The van der Waals surface area contributed by atoms with Crippen molar-refractivity contribution in [2.75, 3.05) is 0 Å². The van der Waals surface area contributed by atoms with Crippen LogP contribution in [0.2, 0.25) is 0 Å². The van der Waals surface area contributed by atoms with Gasteiger partial charge < -0.3 is 0 Å². The molecule has 76 valence electrons. The number of ketones is 1. The molecule has 0 spiro atoms. The Kier molecular flexibility index (Phi) is 3.46. The van der Waals surface area contributed by atoms with Crippen molar-refractivity contribution in [3.63, 3.8) is 0 Å². The molecule has 0 radical (unpaired) electrons. The molecule has 0 amide bonds. The van der Waals surface area contributed by atoms with Crippen LogP contribution < -0.4 is 0 Å². The van der Waals surface area contributed by atoms with Crippen molar-refractivity contribution in [3.05, 3.63) is 0 Å². The Labute approximate surface area is 79.7 Å². The molecular formula is C11H19FO. The SMILES string of the molecule is CC(=O)C(C)(F)CC1CCCCC1. The molecule has 1 aliphatic rings. The Bertz CT molecular complexity index is 181. The highest BCUT2D eigenvalue weighted by Crippen LogP contribution is 2.32. The molecule has 0 aromatic rings. The van der Waals surface area contributed by atoms with Gasteiger partial charge in [0.05, 0.1) is 0 Å². The lowest BCUT2D eigenvalue weighted by atomic mass is 9.81. The van der Waals surface area contributed by atoms with E-state index in [1.807, 2.05) is 0 Å². The molecule has 1 saturated carbocycles. The molecule has 0 N–H and O–H groups in total. The number of carbonyl (C=O) groups excluding carboxylic acids is 1. The fourth-order valence-corrected chi connectivity index (χ4v) is 2.08. The summed E-state index contributed by atoms with van der Waals surface area (Å²) in [5, 5.41) is 0. The van der Waals surface area contributed by atoms with E-state index in [1.165, 1.54) is 33.1 Å². The molecule has 1 atom stereocenters. The van der Waals surface area contributed by atoms with Crippen molar-refractivity contribution < 1.29 is 9.18 Å².